The summed E-state index contributed by atoms with van der Waals surface area (Å²) in [5.41, 5.74) is 3.08. The summed E-state index contributed by atoms with van der Waals surface area (Å²) in [4.78, 5) is 83.6. The summed E-state index contributed by atoms with van der Waals surface area (Å²) in [5, 5.41) is 6.52. The Morgan fingerprint density at radius 1 is 0.770 bits per heavy atom. The van der Waals surface area contributed by atoms with Gasteiger partial charge in [0.1, 0.15) is 41.0 Å². The Bertz CT molecular complexity index is 2790. The minimum absolute atomic E-state index is 0.00528. The summed E-state index contributed by atoms with van der Waals surface area (Å²) in [6, 6.07) is 18.4. The van der Waals surface area contributed by atoms with Crippen LogP contribution in [0.25, 0.3) is 11.3 Å². The molecule has 74 heavy (non-hydrogen) atoms. The standard InChI is InChI=1S/C55H64Cl2F2N8O7/c1-34-29-61-51(68)28-44(23-36-9-15-41(56)16-10-36)64(4)55(72)47(33-73-6)62-53(70)35(2)67(52(69)25-40(54(71)63(34)3)24-38-12-18-43(58)27-46(38)59)31-39-11-17-42(57)26-49(39)74-45-19-13-37(14-20-45)48-30-60-50(65(48)5)32-66-21-7-8-22-66/h9-20,26-27,30,34-35,40,44,47H,7-8,21-25,28-29,31-33H2,1-6H3,(H,61,68)(H,62,70)/t34-,35-,40+,44-,47-/m0/s1. The summed E-state index contributed by atoms with van der Waals surface area (Å²) in [6.07, 6.45) is 3.50. The summed E-state index contributed by atoms with van der Waals surface area (Å²) >= 11 is 12.8. The highest BCUT2D eigenvalue weighted by molar-refractivity contribution is 6.31. The molecule has 5 aromatic rings. The number of hydrogen-bond acceptors (Lipinski definition) is 9. The number of halogens is 4. The monoisotopic (exact) mass is 1060 g/mol. The second-order valence-electron chi connectivity index (χ2n) is 19.3. The van der Waals surface area contributed by atoms with E-state index in [0.29, 0.717) is 27.4 Å². The summed E-state index contributed by atoms with van der Waals surface area (Å²) in [5.74, 6) is -4.18. The van der Waals surface area contributed by atoms with Crippen molar-refractivity contribution < 1.29 is 42.2 Å². The van der Waals surface area contributed by atoms with Crippen LogP contribution in [-0.2, 0) is 61.7 Å². The molecule has 394 valence electrons. The van der Waals surface area contributed by atoms with E-state index >= 15 is 9.18 Å². The zero-order valence-corrected chi connectivity index (χ0v) is 44.1. The highest BCUT2D eigenvalue weighted by atomic mass is 35.5. The Morgan fingerprint density at radius 3 is 2.15 bits per heavy atom. The summed E-state index contributed by atoms with van der Waals surface area (Å²) in [6.45, 7) is 5.57. The number of imidazole rings is 1. The second kappa shape index (κ2) is 25.2. The number of ether oxygens (including phenoxy) is 2. The number of carbonyl (C=O) groups is 5. The summed E-state index contributed by atoms with van der Waals surface area (Å²) < 4.78 is 43.6. The molecule has 2 fully saturated rings. The molecule has 0 spiro atoms. The lowest BCUT2D eigenvalue weighted by atomic mass is 9.92. The van der Waals surface area contributed by atoms with Crippen LogP contribution < -0.4 is 15.4 Å². The molecule has 3 heterocycles. The lowest BCUT2D eigenvalue weighted by molar-refractivity contribution is -0.147. The molecule has 0 unspecified atom stereocenters. The number of nitrogens with one attached hydrogen (secondary N) is 2. The van der Waals surface area contributed by atoms with Crippen LogP contribution in [0.2, 0.25) is 10.0 Å². The Balaban J connectivity index is 1.22. The highest BCUT2D eigenvalue weighted by Gasteiger charge is 2.37. The Labute approximate surface area is 441 Å². The van der Waals surface area contributed by atoms with Gasteiger partial charge in [-0.05, 0) is 118 Å². The van der Waals surface area contributed by atoms with E-state index in [2.05, 4.69) is 20.1 Å². The van der Waals surface area contributed by atoms with Gasteiger partial charge in [-0.25, -0.2) is 13.8 Å². The van der Waals surface area contributed by atoms with Crippen LogP contribution in [0.4, 0.5) is 8.78 Å². The average molecular weight is 1060 g/mol. The van der Waals surface area contributed by atoms with E-state index in [4.69, 9.17) is 37.7 Å². The average Bonchev–Trinajstić information content (AvgIpc) is 4.04. The van der Waals surface area contributed by atoms with Gasteiger partial charge in [-0.3, -0.25) is 28.9 Å². The normalized spacial score (nSPS) is 21.1. The molecule has 5 amide bonds. The largest absolute Gasteiger partial charge is 0.457 e. The predicted molar refractivity (Wildman–Crippen MR) is 278 cm³/mol. The molecule has 15 nitrogen and oxygen atoms in total. The van der Waals surface area contributed by atoms with Crippen molar-refractivity contribution in [2.75, 3.05) is 47.4 Å². The molecule has 19 heteroatoms. The first kappa shape index (κ1) is 55.4. The summed E-state index contributed by atoms with van der Waals surface area (Å²) in [7, 11) is 6.44. The van der Waals surface area contributed by atoms with Crippen LogP contribution in [0, 0.1) is 17.6 Å². The van der Waals surface area contributed by atoms with Crippen LogP contribution in [0.1, 0.15) is 62.0 Å². The first-order valence-electron chi connectivity index (χ1n) is 24.8. The number of likely N-dealkylation sites (N-methyl/N-ethyl adjacent to an activating group) is 2. The van der Waals surface area contributed by atoms with E-state index in [1.54, 1.807) is 56.4 Å². The van der Waals surface area contributed by atoms with E-state index < -0.39 is 77.7 Å². The molecule has 0 aliphatic carbocycles. The van der Waals surface area contributed by atoms with Crippen molar-refractivity contribution in [3.05, 3.63) is 135 Å². The highest BCUT2D eigenvalue weighted by Crippen LogP contribution is 2.33. The van der Waals surface area contributed by atoms with E-state index in [1.165, 1.54) is 54.7 Å². The van der Waals surface area contributed by atoms with Gasteiger partial charge in [-0.2, -0.15) is 0 Å². The number of aromatic nitrogens is 2. The second-order valence-corrected chi connectivity index (χ2v) is 20.1. The van der Waals surface area contributed by atoms with Gasteiger partial charge in [-0.1, -0.05) is 47.5 Å². The van der Waals surface area contributed by atoms with Crippen LogP contribution in [-0.4, -0.2) is 130 Å². The number of nitrogens with zero attached hydrogens (tertiary/aromatic N) is 6. The van der Waals surface area contributed by atoms with Crippen LogP contribution in [0.15, 0.2) is 91.1 Å². The first-order chi connectivity index (χ1) is 35.4. The molecule has 2 aliphatic rings. The third-order valence-electron chi connectivity index (χ3n) is 14.1. The maximum atomic E-state index is 15.4. The lowest BCUT2D eigenvalue weighted by Gasteiger charge is -2.35. The fraction of sp³-hybridized carbons (Fsp3) is 0.418. The molecule has 7 rings (SSSR count). The van der Waals surface area contributed by atoms with Crippen molar-refractivity contribution in [3.63, 3.8) is 0 Å². The molecule has 2 aliphatic heterocycles. The molecule has 2 N–H and O–H groups in total. The number of rotatable bonds is 13. The molecule has 2 saturated heterocycles. The molecule has 0 radical (unpaired) electrons. The van der Waals surface area contributed by atoms with Gasteiger partial charge in [0.05, 0.1) is 37.5 Å². The van der Waals surface area contributed by atoms with Crippen molar-refractivity contribution in [1.29, 1.82) is 0 Å². The zero-order valence-electron chi connectivity index (χ0n) is 42.6. The van der Waals surface area contributed by atoms with Crippen LogP contribution in [0.3, 0.4) is 0 Å². The minimum atomic E-state index is -1.30. The Morgan fingerprint density at radius 2 is 1.46 bits per heavy atom. The third kappa shape index (κ3) is 14.0. The molecule has 1 aromatic heterocycles. The van der Waals surface area contributed by atoms with Gasteiger partial charge in [-0.15, -0.1) is 0 Å². The van der Waals surface area contributed by atoms with Gasteiger partial charge >= 0.3 is 0 Å². The van der Waals surface area contributed by atoms with Gasteiger partial charge in [0.25, 0.3) is 0 Å². The fourth-order valence-electron chi connectivity index (χ4n) is 9.36. The molecule has 4 aromatic carbocycles. The number of carbonyl (C=O) groups excluding carboxylic acids is 5. The minimum Gasteiger partial charge on any atom is -0.457 e. The fourth-order valence-corrected chi connectivity index (χ4v) is 9.65. The molecule has 0 bridgehead atoms. The quantitative estimate of drug-likeness (QED) is 0.121. The smallest absolute Gasteiger partial charge is 0.247 e. The number of amides is 5. The molecule has 5 atom stereocenters. The lowest BCUT2D eigenvalue weighted by Crippen LogP contribution is -2.57. The van der Waals surface area contributed by atoms with Gasteiger partial charge in [0, 0.05) is 87.0 Å². The van der Waals surface area contributed by atoms with Crippen molar-refractivity contribution in [3.8, 4) is 22.8 Å². The zero-order chi connectivity index (χ0) is 53.2. The number of methoxy groups -OCH3 is 1. The van der Waals surface area contributed by atoms with Gasteiger partial charge in [0.2, 0.25) is 29.5 Å². The number of hydrogen-bond donors (Lipinski definition) is 2. The number of likely N-dealkylation sites (tertiary alicyclic amines) is 1. The molecular weight excluding hydrogens is 994 g/mol. The van der Waals surface area contributed by atoms with E-state index in [0.717, 1.165) is 48.3 Å². The SMILES string of the molecule is COC[C@@H]1NC(=O)[C@H](C)N(Cc2ccc(Cl)cc2Oc2ccc(-c3cnc(CN4CCCC4)n3C)cc2)C(=O)C[C@@H](Cc2ccc(F)cc2F)C(=O)N(C)[C@@H](C)CNC(=O)C[C@H](Cc2ccc(Cl)cc2)N(C)C1=O. The van der Waals surface area contributed by atoms with Crippen molar-refractivity contribution in [2.24, 2.45) is 13.0 Å². The predicted octanol–water partition coefficient (Wildman–Crippen LogP) is 7.59. The third-order valence-corrected chi connectivity index (χ3v) is 14.6. The molecular formula is C55H64Cl2F2N8O7. The Hall–Kier alpha value is -6.40. The van der Waals surface area contributed by atoms with E-state index in [1.807, 2.05) is 37.5 Å². The van der Waals surface area contributed by atoms with E-state index in [9.17, 15) is 23.6 Å². The van der Waals surface area contributed by atoms with Crippen molar-refractivity contribution in [2.45, 2.75) is 89.6 Å². The maximum Gasteiger partial charge on any atom is 0.247 e. The number of benzene rings is 4. The van der Waals surface area contributed by atoms with Crippen molar-refractivity contribution in [1.82, 2.24) is 39.8 Å². The molecule has 0 saturated carbocycles. The van der Waals surface area contributed by atoms with Crippen molar-refractivity contribution >= 4 is 52.7 Å². The van der Waals surface area contributed by atoms with Crippen LogP contribution in [0.5, 0.6) is 11.5 Å². The first-order valence-corrected chi connectivity index (χ1v) is 25.5. The maximum absolute atomic E-state index is 15.4. The topological polar surface area (TPSA) is 159 Å². The van der Waals surface area contributed by atoms with Gasteiger partial charge in [0.15, 0.2) is 0 Å². The van der Waals surface area contributed by atoms with Gasteiger partial charge < -0.3 is 39.4 Å². The van der Waals surface area contributed by atoms with E-state index in [-0.39, 0.29) is 50.3 Å². The Kier molecular flexibility index (Phi) is 18.9. The van der Waals surface area contributed by atoms with Crippen LogP contribution >= 0.6 is 23.2 Å².